The van der Waals surface area contributed by atoms with Crippen molar-refractivity contribution in [2.75, 3.05) is 16.7 Å². The van der Waals surface area contributed by atoms with E-state index in [2.05, 4.69) is 5.32 Å². The number of carbonyl (C=O) groups is 1. The van der Waals surface area contributed by atoms with Crippen LogP contribution in [0.2, 0.25) is 0 Å². The van der Waals surface area contributed by atoms with Crippen molar-refractivity contribution in [3.8, 4) is 0 Å². The highest BCUT2D eigenvalue weighted by molar-refractivity contribution is 7.92. The number of para-hydroxylation sites is 2. The molecular formula is C25H28N2O3S. The molecule has 0 saturated carbocycles. The molecular weight excluding hydrogens is 408 g/mol. The Balaban J connectivity index is 1.93. The van der Waals surface area contributed by atoms with Crippen molar-refractivity contribution in [1.82, 2.24) is 0 Å². The second kappa shape index (κ2) is 9.35. The minimum Gasteiger partial charge on any atom is -0.321 e. The number of anilines is 2. The second-order valence-corrected chi connectivity index (χ2v) is 9.37. The number of carbonyl (C=O) groups excluding carboxylic acids is 1. The van der Waals surface area contributed by atoms with Gasteiger partial charge in [-0.1, -0.05) is 56.3 Å². The number of aryl methyl sites for hydroxylation is 3. The number of sulfonamides is 1. The molecule has 0 aliphatic carbocycles. The average molecular weight is 437 g/mol. The molecule has 0 heterocycles. The summed E-state index contributed by atoms with van der Waals surface area (Å²) in [6.45, 7) is 5.94. The molecule has 0 saturated heterocycles. The molecule has 1 amide bonds. The van der Waals surface area contributed by atoms with Gasteiger partial charge in [-0.05, 0) is 60.7 Å². The van der Waals surface area contributed by atoms with Crippen molar-refractivity contribution in [1.29, 1.82) is 0 Å². The molecule has 5 nitrogen and oxygen atoms in total. The molecule has 3 aromatic carbocycles. The van der Waals surface area contributed by atoms with Crippen molar-refractivity contribution < 1.29 is 13.2 Å². The minimum absolute atomic E-state index is 0.0744. The number of hydrogen-bond donors (Lipinski definition) is 1. The van der Waals surface area contributed by atoms with Gasteiger partial charge in [0, 0.05) is 18.3 Å². The zero-order valence-electron chi connectivity index (χ0n) is 18.3. The summed E-state index contributed by atoms with van der Waals surface area (Å²) in [5.41, 5.74) is 4.66. The molecule has 3 aromatic rings. The van der Waals surface area contributed by atoms with E-state index < -0.39 is 10.0 Å². The highest BCUT2D eigenvalue weighted by Gasteiger charge is 2.23. The van der Waals surface area contributed by atoms with E-state index in [0.29, 0.717) is 11.3 Å². The van der Waals surface area contributed by atoms with Crippen LogP contribution in [0, 0.1) is 6.92 Å². The first-order valence-electron chi connectivity index (χ1n) is 10.4. The lowest BCUT2D eigenvalue weighted by atomic mass is 10.0. The van der Waals surface area contributed by atoms with E-state index in [0.717, 1.165) is 35.2 Å². The van der Waals surface area contributed by atoms with E-state index >= 15 is 0 Å². The zero-order chi connectivity index (χ0) is 22.6. The standard InChI is InChI=1S/C25H28N2O3S/c1-5-19-12-9-13-20(6-2)24(19)26-25(28)21-14-10-15-22(17-21)31(29,30)27(4)23-16-8-7-11-18(23)3/h7-17H,5-6H2,1-4H3,(H,26,28). The molecule has 3 rings (SSSR count). The molecule has 162 valence electrons. The van der Waals surface area contributed by atoms with Gasteiger partial charge in [-0.3, -0.25) is 9.10 Å². The Bertz CT molecular complexity index is 1180. The Morgan fingerprint density at radius 1 is 0.903 bits per heavy atom. The van der Waals surface area contributed by atoms with Crippen LogP contribution in [0.5, 0.6) is 0 Å². The van der Waals surface area contributed by atoms with Crippen LogP contribution in [-0.2, 0) is 22.9 Å². The van der Waals surface area contributed by atoms with Gasteiger partial charge in [0.2, 0.25) is 0 Å². The molecule has 0 aliphatic heterocycles. The van der Waals surface area contributed by atoms with Crippen LogP contribution >= 0.6 is 0 Å². The van der Waals surface area contributed by atoms with Gasteiger partial charge in [-0.15, -0.1) is 0 Å². The van der Waals surface area contributed by atoms with Crippen LogP contribution < -0.4 is 9.62 Å². The van der Waals surface area contributed by atoms with E-state index in [4.69, 9.17) is 0 Å². The lowest BCUT2D eigenvalue weighted by Gasteiger charge is -2.21. The highest BCUT2D eigenvalue weighted by Crippen LogP contribution is 2.27. The Morgan fingerprint density at radius 3 is 2.13 bits per heavy atom. The summed E-state index contributed by atoms with van der Waals surface area (Å²) in [7, 11) is -2.29. The van der Waals surface area contributed by atoms with E-state index in [1.54, 1.807) is 24.3 Å². The van der Waals surface area contributed by atoms with Crippen molar-refractivity contribution >= 4 is 27.3 Å². The molecule has 0 radical (unpaired) electrons. The summed E-state index contributed by atoms with van der Waals surface area (Å²) in [6, 6.07) is 19.4. The van der Waals surface area contributed by atoms with Crippen molar-refractivity contribution in [2.45, 2.75) is 38.5 Å². The lowest BCUT2D eigenvalue weighted by molar-refractivity contribution is 0.102. The van der Waals surface area contributed by atoms with Crippen LogP contribution in [0.25, 0.3) is 0 Å². The van der Waals surface area contributed by atoms with E-state index in [1.165, 1.54) is 23.5 Å². The summed E-state index contributed by atoms with van der Waals surface area (Å²) in [4.78, 5) is 13.1. The third-order valence-corrected chi connectivity index (χ3v) is 7.21. The maximum absolute atomic E-state index is 13.2. The lowest BCUT2D eigenvalue weighted by Crippen LogP contribution is -2.27. The number of rotatable bonds is 7. The van der Waals surface area contributed by atoms with Crippen LogP contribution in [-0.4, -0.2) is 21.4 Å². The van der Waals surface area contributed by atoms with Crippen molar-refractivity contribution in [3.05, 3.63) is 89.0 Å². The fourth-order valence-corrected chi connectivity index (χ4v) is 4.90. The van der Waals surface area contributed by atoms with Crippen molar-refractivity contribution in [2.24, 2.45) is 0 Å². The first kappa shape index (κ1) is 22.6. The predicted molar refractivity (Wildman–Crippen MR) is 126 cm³/mol. The van der Waals surface area contributed by atoms with Gasteiger partial charge >= 0.3 is 0 Å². The molecule has 0 bridgehead atoms. The smallest absolute Gasteiger partial charge is 0.264 e. The molecule has 31 heavy (non-hydrogen) atoms. The Hall–Kier alpha value is -3.12. The maximum Gasteiger partial charge on any atom is 0.264 e. The third-order valence-electron chi connectivity index (χ3n) is 5.45. The van der Waals surface area contributed by atoms with Gasteiger partial charge in [0.15, 0.2) is 0 Å². The van der Waals surface area contributed by atoms with Gasteiger partial charge < -0.3 is 5.32 Å². The molecule has 0 fully saturated rings. The first-order chi connectivity index (χ1) is 14.8. The van der Waals surface area contributed by atoms with Gasteiger partial charge in [-0.25, -0.2) is 8.42 Å². The molecule has 0 aliphatic rings. The SMILES string of the molecule is CCc1cccc(CC)c1NC(=O)c1cccc(S(=O)(=O)N(C)c2ccccc2C)c1. The first-order valence-corrected chi connectivity index (χ1v) is 11.8. The quantitative estimate of drug-likeness (QED) is 0.554. The summed E-state index contributed by atoms with van der Waals surface area (Å²) in [5, 5.41) is 3.00. The molecule has 0 atom stereocenters. The predicted octanol–water partition coefficient (Wildman–Crippen LogP) is 5.20. The molecule has 0 spiro atoms. The van der Waals surface area contributed by atoms with Gasteiger partial charge in [-0.2, -0.15) is 0 Å². The normalized spacial score (nSPS) is 11.2. The highest BCUT2D eigenvalue weighted by atomic mass is 32.2. The number of amides is 1. The topological polar surface area (TPSA) is 66.5 Å². The molecule has 1 N–H and O–H groups in total. The summed E-state index contributed by atoms with van der Waals surface area (Å²) in [5.74, 6) is -0.328. The van der Waals surface area contributed by atoms with E-state index in [-0.39, 0.29) is 10.8 Å². The average Bonchev–Trinajstić information content (AvgIpc) is 2.79. The minimum atomic E-state index is -3.82. The van der Waals surface area contributed by atoms with Crippen LogP contribution in [0.4, 0.5) is 11.4 Å². The largest absolute Gasteiger partial charge is 0.321 e. The summed E-state index contributed by atoms with van der Waals surface area (Å²) in [6.07, 6.45) is 1.58. The second-order valence-electron chi connectivity index (χ2n) is 7.40. The zero-order valence-corrected chi connectivity index (χ0v) is 19.2. The molecule has 0 unspecified atom stereocenters. The Morgan fingerprint density at radius 2 is 1.52 bits per heavy atom. The van der Waals surface area contributed by atoms with E-state index in [1.807, 2.05) is 51.1 Å². The maximum atomic E-state index is 13.2. The van der Waals surface area contributed by atoms with Crippen molar-refractivity contribution in [3.63, 3.8) is 0 Å². The van der Waals surface area contributed by atoms with Gasteiger partial charge in [0.1, 0.15) is 0 Å². The van der Waals surface area contributed by atoms with Crippen LogP contribution in [0.3, 0.4) is 0 Å². The van der Waals surface area contributed by atoms with Crippen LogP contribution in [0.1, 0.15) is 40.9 Å². The number of benzene rings is 3. The monoisotopic (exact) mass is 436 g/mol. The Kier molecular flexibility index (Phi) is 6.81. The summed E-state index contributed by atoms with van der Waals surface area (Å²) >= 11 is 0. The van der Waals surface area contributed by atoms with Gasteiger partial charge in [0.05, 0.1) is 10.6 Å². The number of nitrogens with zero attached hydrogens (tertiary/aromatic N) is 1. The molecule has 6 heteroatoms. The fourth-order valence-electron chi connectivity index (χ4n) is 3.59. The third kappa shape index (κ3) is 4.64. The van der Waals surface area contributed by atoms with Gasteiger partial charge in [0.25, 0.3) is 15.9 Å². The molecule has 0 aromatic heterocycles. The Labute approximate surface area is 184 Å². The van der Waals surface area contributed by atoms with E-state index in [9.17, 15) is 13.2 Å². The van der Waals surface area contributed by atoms with Crippen LogP contribution in [0.15, 0.2) is 71.6 Å². The summed E-state index contributed by atoms with van der Waals surface area (Å²) < 4.78 is 27.7. The number of nitrogens with one attached hydrogen (secondary N) is 1. The fraction of sp³-hybridized carbons (Fsp3) is 0.240. The number of hydrogen-bond acceptors (Lipinski definition) is 3.